The minimum Gasteiger partial charge on any atom is -0.341 e. The first-order valence-corrected chi connectivity index (χ1v) is 10.2. The molecule has 2 atom stereocenters. The summed E-state index contributed by atoms with van der Waals surface area (Å²) in [7, 11) is 4.06. The Morgan fingerprint density at radius 3 is 2.33 bits per heavy atom. The molecule has 0 radical (unpaired) electrons. The summed E-state index contributed by atoms with van der Waals surface area (Å²) in [6, 6.07) is 6.27. The van der Waals surface area contributed by atoms with Crippen LogP contribution < -0.4 is 0 Å². The maximum Gasteiger partial charge on any atom is 0.253 e. The third-order valence-electron chi connectivity index (χ3n) is 6.02. The SMILES string of the molecule is Cc1cc(C)cc(C(=O)N2CCC[C@H](C(=O)N(C)[C@@H]3CCCN(C)C3)C2)c1. The van der Waals surface area contributed by atoms with Gasteiger partial charge in [0.25, 0.3) is 5.91 Å². The van der Waals surface area contributed by atoms with Crippen LogP contribution in [0.4, 0.5) is 0 Å². The van der Waals surface area contributed by atoms with Crippen molar-refractivity contribution < 1.29 is 9.59 Å². The Morgan fingerprint density at radius 2 is 1.67 bits per heavy atom. The van der Waals surface area contributed by atoms with Crippen molar-refractivity contribution in [3.8, 4) is 0 Å². The summed E-state index contributed by atoms with van der Waals surface area (Å²) in [6.07, 6.45) is 3.99. The largest absolute Gasteiger partial charge is 0.341 e. The Kier molecular flexibility index (Phi) is 6.20. The molecule has 0 aromatic heterocycles. The van der Waals surface area contributed by atoms with E-state index >= 15 is 0 Å². The zero-order chi connectivity index (χ0) is 19.6. The fourth-order valence-electron chi connectivity index (χ4n) is 4.57. The van der Waals surface area contributed by atoms with Gasteiger partial charge in [0.1, 0.15) is 0 Å². The molecule has 2 saturated heterocycles. The van der Waals surface area contributed by atoms with Gasteiger partial charge >= 0.3 is 0 Å². The molecule has 0 aliphatic carbocycles. The second-order valence-electron chi connectivity index (χ2n) is 8.47. The molecule has 2 fully saturated rings. The maximum absolute atomic E-state index is 13.1. The lowest BCUT2D eigenvalue weighted by Gasteiger charge is -2.39. The van der Waals surface area contributed by atoms with Crippen LogP contribution >= 0.6 is 0 Å². The molecule has 2 aliphatic heterocycles. The van der Waals surface area contributed by atoms with E-state index in [1.54, 1.807) is 0 Å². The van der Waals surface area contributed by atoms with Crippen LogP contribution in [0, 0.1) is 19.8 Å². The molecular weight excluding hydrogens is 338 g/mol. The zero-order valence-corrected chi connectivity index (χ0v) is 17.2. The van der Waals surface area contributed by atoms with Gasteiger partial charge in [-0.05, 0) is 65.3 Å². The normalized spacial score (nSPS) is 23.9. The highest BCUT2D eigenvalue weighted by Crippen LogP contribution is 2.23. The predicted octanol–water partition coefficient (Wildman–Crippen LogP) is 2.71. The van der Waals surface area contributed by atoms with Gasteiger partial charge in [0, 0.05) is 38.3 Å². The van der Waals surface area contributed by atoms with E-state index < -0.39 is 0 Å². The van der Waals surface area contributed by atoms with Crippen LogP contribution in [0.3, 0.4) is 0 Å². The molecule has 2 aliphatic rings. The lowest BCUT2D eigenvalue weighted by atomic mass is 9.94. The first-order valence-electron chi connectivity index (χ1n) is 10.2. The second-order valence-corrected chi connectivity index (χ2v) is 8.47. The van der Waals surface area contributed by atoms with Crippen molar-refractivity contribution >= 4 is 11.8 Å². The lowest BCUT2D eigenvalue weighted by molar-refractivity contribution is -0.138. The summed E-state index contributed by atoms with van der Waals surface area (Å²) < 4.78 is 0. The van der Waals surface area contributed by atoms with Crippen molar-refractivity contribution in [2.45, 2.75) is 45.6 Å². The van der Waals surface area contributed by atoms with Crippen LogP contribution in [0.25, 0.3) is 0 Å². The molecule has 0 saturated carbocycles. The van der Waals surface area contributed by atoms with E-state index in [1.165, 1.54) is 0 Å². The highest BCUT2D eigenvalue weighted by atomic mass is 16.2. The molecular formula is C22H33N3O2. The van der Waals surface area contributed by atoms with Gasteiger partial charge in [0.05, 0.1) is 5.92 Å². The van der Waals surface area contributed by atoms with Crippen LogP contribution in [-0.2, 0) is 4.79 Å². The van der Waals surface area contributed by atoms with Gasteiger partial charge in [-0.1, -0.05) is 17.2 Å². The minimum atomic E-state index is -0.0779. The Morgan fingerprint density at radius 1 is 1.00 bits per heavy atom. The van der Waals surface area contributed by atoms with Crippen LogP contribution in [0.15, 0.2) is 18.2 Å². The van der Waals surface area contributed by atoms with Gasteiger partial charge in [-0.2, -0.15) is 0 Å². The third-order valence-corrected chi connectivity index (χ3v) is 6.02. The number of hydrogen-bond donors (Lipinski definition) is 0. The fourth-order valence-corrected chi connectivity index (χ4v) is 4.57. The van der Waals surface area contributed by atoms with E-state index in [0.717, 1.165) is 62.0 Å². The number of benzene rings is 1. The standard InChI is InChI=1S/C22H33N3O2/c1-16-11-17(2)13-19(12-16)22(27)25-10-5-7-18(14-25)21(26)24(4)20-8-6-9-23(3)15-20/h11-13,18,20H,5-10,14-15H2,1-4H3/t18-,20+/m0/s1. The van der Waals surface area contributed by atoms with Crippen molar-refractivity contribution in [1.29, 1.82) is 0 Å². The summed E-state index contributed by atoms with van der Waals surface area (Å²) in [5, 5.41) is 0. The number of aryl methyl sites for hydroxylation is 2. The molecule has 5 heteroatoms. The smallest absolute Gasteiger partial charge is 0.253 e. The van der Waals surface area contributed by atoms with Crippen molar-refractivity contribution in [2.75, 3.05) is 40.3 Å². The first kappa shape index (κ1) is 19.9. The van der Waals surface area contributed by atoms with Gasteiger partial charge in [-0.3, -0.25) is 9.59 Å². The number of rotatable bonds is 3. The van der Waals surface area contributed by atoms with E-state index in [4.69, 9.17) is 0 Å². The van der Waals surface area contributed by atoms with Gasteiger partial charge in [-0.15, -0.1) is 0 Å². The molecule has 1 aromatic carbocycles. The molecule has 148 valence electrons. The van der Waals surface area contributed by atoms with Gasteiger partial charge in [0.15, 0.2) is 0 Å². The predicted molar refractivity (Wildman–Crippen MR) is 108 cm³/mol. The highest BCUT2D eigenvalue weighted by Gasteiger charge is 2.33. The number of piperidine rings is 2. The topological polar surface area (TPSA) is 43.9 Å². The Bertz CT molecular complexity index is 683. The monoisotopic (exact) mass is 371 g/mol. The van der Waals surface area contributed by atoms with Crippen LogP contribution in [0.2, 0.25) is 0 Å². The maximum atomic E-state index is 13.1. The van der Waals surface area contributed by atoms with Crippen LogP contribution in [0.5, 0.6) is 0 Å². The van der Waals surface area contributed by atoms with Crippen molar-refractivity contribution in [3.63, 3.8) is 0 Å². The molecule has 0 unspecified atom stereocenters. The average molecular weight is 372 g/mol. The lowest BCUT2D eigenvalue weighted by Crippen LogP contribution is -2.52. The molecule has 0 N–H and O–H groups in total. The summed E-state index contributed by atoms with van der Waals surface area (Å²) in [4.78, 5) is 32.2. The van der Waals surface area contributed by atoms with Crippen LogP contribution in [0.1, 0.15) is 47.2 Å². The minimum absolute atomic E-state index is 0.0550. The van der Waals surface area contributed by atoms with Crippen molar-refractivity contribution in [2.24, 2.45) is 5.92 Å². The molecule has 27 heavy (non-hydrogen) atoms. The molecule has 1 aromatic rings. The van der Waals surface area contributed by atoms with Gasteiger partial charge in [-0.25, -0.2) is 0 Å². The van der Waals surface area contributed by atoms with Crippen LogP contribution in [-0.4, -0.2) is 72.8 Å². The van der Waals surface area contributed by atoms with E-state index in [2.05, 4.69) is 18.0 Å². The van der Waals surface area contributed by atoms with Crippen molar-refractivity contribution in [3.05, 3.63) is 34.9 Å². The Balaban J connectivity index is 1.66. The fraction of sp³-hybridized carbons (Fsp3) is 0.636. The van der Waals surface area contributed by atoms with E-state index in [-0.39, 0.29) is 17.7 Å². The summed E-state index contributed by atoms with van der Waals surface area (Å²) in [5.74, 6) is 0.179. The van der Waals surface area contributed by atoms with E-state index in [9.17, 15) is 9.59 Å². The number of nitrogens with zero attached hydrogens (tertiary/aromatic N) is 3. The van der Waals surface area contributed by atoms with Gasteiger partial charge in [0.2, 0.25) is 5.91 Å². The quantitative estimate of drug-likeness (QED) is 0.821. The summed E-state index contributed by atoms with van der Waals surface area (Å²) in [6.45, 7) is 7.37. The van der Waals surface area contributed by atoms with Gasteiger partial charge < -0.3 is 14.7 Å². The Hall–Kier alpha value is -1.88. The molecule has 0 spiro atoms. The Labute approximate surface area is 163 Å². The average Bonchev–Trinajstić information content (AvgIpc) is 2.65. The molecule has 2 amide bonds. The zero-order valence-electron chi connectivity index (χ0n) is 17.2. The number of likely N-dealkylation sites (N-methyl/N-ethyl adjacent to an activating group) is 2. The van der Waals surface area contributed by atoms with Crippen molar-refractivity contribution in [1.82, 2.24) is 14.7 Å². The molecule has 0 bridgehead atoms. The highest BCUT2D eigenvalue weighted by molar-refractivity contribution is 5.95. The van der Waals surface area contributed by atoms with E-state index in [0.29, 0.717) is 12.6 Å². The first-order chi connectivity index (χ1) is 12.8. The number of amides is 2. The molecule has 3 rings (SSSR count). The van der Waals surface area contributed by atoms with E-state index in [1.807, 2.05) is 42.8 Å². The number of hydrogen-bond acceptors (Lipinski definition) is 3. The number of carbonyl (C=O) groups is 2. The number of likely N-dealkylation sites (tertiary alicyclic amines) is 2. The summed E-state index contributed by atoms with van der Waals surface area (Å²) in [5.41, 5.74) is 2.94. The second kappa shape index (κ2) is 8.42. The summed E-state index contributed by atoms with van der Waals surface area (Å²) >= 11 is 0. The molecule has 2 heterocycles. The molecule has 5 nitrogen and oxygen atoms in total. The number of carbonyl (C=O) groups excluding carboxylic acids is 2. The third kappa shape index (κ3) is 4.70.